The minimum Gasteiger partial charge on any atom is -0.345 e. The highest BCUT2D eigenvalue weighted by Gasteiger charge is 2.11. The van der Waals surface area contributed by atoms with Crippen molar-refractivity contribution in [3.05, 3.63) is 49.1 Å². The lowest BCUT2D eigenvalue weighted by Gasteiger charge is -2.15. The van der Waals surface area contributed by atoms with E-state index < -0.39 is 10.8 Å². The Morgan fingerprint density at radius 1 is 1.07 bits per heavy atom. The van der Waals surface area contributed by atoms with Gasteiger partial charge in [-0.15, -0.1) is 0 Å². The Labute approximate surface area is 166 Å². The third-order valence-electron chi connectivity index (χ3n) is 5.19. The largest absolute Gasteiger partial charge is 0.345 e. The number of nitrogens with two attached hydrogens (primary N) is 1. The number of rotatable bonds is 2. The number of nitrogens with one attached hydrogen (secondary N) is 1. The summed E-state index contributed by atoms with van der Waals surface area (Å²) in [4.78, 5) is 12.8. The second kappa shape index (κ2) is 8.24. The topological polar surface area (TPSA) is 89.1 Å². The van der Waals surface area contributed by atoms with Gasteiger partial charge in [-0.1, -0.05) is 31.4 Å². The van der Waals surface area contributed by atoms with Crippen molar-refractivity contribution in [3.63, 3.8) is 0 Å². The molecule has 3 N–H and O–H groups in total. The van der Waals surface area contributed by atoms with Crippen molar-refractivity contribution in [2.24, 2.45) is 5.73 Å². The first-order valence-corrected chi connectivity index (χ1v) is 11.2. The zero-order chi connectivity index (χ0) is 19.5. The molecular weight excluding hydrogens is 370 g/mol. The van der Waals surface area contributed by atoms with Crippen LogP contribution in [0.1, 0.15) is 32.1 Å². The van der Waals surface area contributed by atoms with Crippen molar-refractivity contribution in [2.45, 2.75) is 43.0 Å². The molecule has 146 valence electrons. The summed E-state index contributed by atoms with van der Waals surface area (Å²) in [5.74, 6) is 0. The maximum atomic E-state index is 11.5. The molecule has 5 rings (SSSR count). The van der Waals surface area contributed by atoms with E-state index in [1.165, 1.54) is 32.1 Å². The van der Waals surface area contributed by atoms with Crippen LogP contribution in [0, 0.1) is 0 Å². The number of nitrogens with zero attached hydrogens (tertiary/aromatic N) is 3. The molecule has 1 unspecified atom stereocenters. The molecule has 1 aromatic carbocycles. The second-order valence-electron chi connectivity index (χ2n) is 7.19. The average molecular weight is 396 g/mol. The number of hydrogen-bond donors (Lipinski definition) is 2. The molecule has 0 spiro atoms. The fourth-order valence-corrected chi connectivity index (χ4v) is 4.13. The number of hydrogen-bond acceptors (Lipinski definition) is 4. The molecule has 3 heterocycles. The van der Waals surface area contributed by atoms with Gasteiger partial charge in [-0.2, -0.15) is 0 Å². The predicted molar refractivity (Wildman–Crippen MR) is 114 cm³/mol. The summed E-state index contributed by atoms with van der Waals surface area (Å²) in [6, 6.07) is 10.1. The van der Waals surface area contributed by atoms with Gasteiger partial charge in [0.05, 0.1) is 22.9 Å². The predicted octanol–water partition coefficient (Wildman–Crippen LogP) is 3.89. The highest BCUT2D eigenvalue weighted by molar-refractivity contribution is 7.84. The average Bonchev–Trinajstić information content (AvgIpc) is 3.35. The molecule has 7 heteroatoms. The molecule has 1 fully saturated rings. The molecule has 1 atom stereocenters. The SMILES string of the molecule is CS(=O)c1ccc(-c2ncn3c2cnc2[nH]ccc23)cc1.NC1CCCCC1. The van der Waals surface area contributed by atoms with Crippen LogP contribution in [0.15, 0.2) is 53.9 Å². The van der Waals surface area contributed by atoms with E-state index in [-0.39, 0.29) is 0 Å². The van der Waals surface area contributed by atoms with Crippen LogP contribution in [-0.2, 0) is 10.8 Å². The van der Waals surface area contributed by atoms with Gasteiger partial charge in [0, 0.05) is 39.8 Å². The van der Waals surface area contributed by atoms with Gasteiger partial charge in [-0.3, -0.25) is 8.61 Å². The summed E-state index contributed by atoms with van der Waals surface area (Å²) in [6.45, 7) is 0. The highest BCUT2D eigenvalue weighted by atomic mass is 32.2. The van der Waals surface area contributed by atoms with Gasteiger partial charge in [0.1, 0.15) is 6.33 Å². The van der Waals surface area contributed by atoms with Crippen LogP contribution in [-0.4, -0.2) is 35.9 Å². The van der Waals surface area contributed by atoms with Crippen molar-refractivity contribution in [1.82, 2.24) is 19.4 Å². The smallest absolute Gasteiger partial charge is 0.154 e. The monoisotopic (exact) mass is 395 g/mol. The van der Waals surface area contributed by atoms with E-state index in [1.54, 1.807) is 12.6 Å². The first-order chi connectivity index (χ1) is 13.6. The van der Waals surface area contributed by atoms with Crippen molar-refractivity contribution >= 4 is 27.5 Å². The first-order valence-electron chi connectivity index (χ1n) is 9.62. The Hall–Kier alpha value is -2.51. The molecule has 0 saturated heterocycles. The van der Waals surface area contributed by atoms with Gasteiger partial charge in [-0.25, -0.2) is 9.97 Å². The number of H-pyrrole nitrogens is 1. The normalized spacial score (nSPS) is 16.1. The van der Waals surface area contributed by atoms with Crippen LogP contribution in [0.2, 0.25) is 0 Å². The maximum Gasteiger partial charge on any atom is 0.154 e. The Balaban J connectivity index is 0.000000233. The second-order valence-corrected chi connectivity index (χ2v) is 8.57. The quantitative estimate of drug-likeness (QED) is 0.539. The standard InChI is InChI=1S/C15H12N4OS.C6H13N/c1-21(20)11-4-2-10(3-5-11)14-13-8-17-15-12(6-7-16-15)19(13)9-18-14;7-6-4-2-1-3-5-6/h2-9,16H,1H3;6H,1-5,7H2. The van der Waals surface area contributed by atoms with Gasteiger partial charge in [0.15, 0.2) is 5.65 Å². The van der Waals surface area contributed by atoms with E-state index in [1.807, 2.05) is 47.1 Å². The van der Waals surface area contributed by atoms with Gasteiger partial charge in [-0.05, 0) is 31.0 Å². The van der Waals surface area contributed by atoms with Crippen LogP contribution in [0.25, 0.3) is 27.9 Å². The molecule has 1 saturated carbocycles. The van der Waals surface area contributed by atoms with Crippen LogP contribution in [0.3, 0.4) is 0 Å². The van der Waals surface area contributed by atoms with E-state index in [9.17, 15) is 4.21 Å². The molecule has 1 aliphatic rings. The fourth-order valence-electron chi connectivity index (χ4n) is 3.61. The van der Waals surface area contributed by atoms with Crippen LogP contribution in [0.5, 0.6) is 0 Å². The maximum absolute atomic E-state index is 11.5. The number of aromatic amines is 1. The lowest BCUT2D eigenvalue weighted by molar-refractivity contribution is 0.441. The summed E-state index contributed by atoms with van der Waals surface area (Å²) in [6.07, 6.45) is 13.8. The molecular formula is C21H25N5OS. The van der Waals surface area contributed by atoms with E-state index in [4.69, 9.17) is 5.73 Å². The third kappa shape index (κ3) is 3.86. The molecule has 4 aromatic rings. The summed E-state index contributed by atoms with van der Waals surface area (Å²) in [5, 5.41) is 0. The zero-order valence-electron chi connectivity index (χ0n) is 16.0. The Bertz CT molecular complexity index is 1090. The summed E-state index contributed by atoms with van der Waals surface area (Å²) in [7, 11) is -0.966. The molecule has 0 radical (unpaired) electrons. The van der Waals surface area contributed by atoms with Crippen molar-refractivity contribution in [1.29, 1.82) is 0 Å². The molecule has 3 aromatic heterocycles. The molecule has 28 heavy (non-hydrogen) atoms. The van der Waals surface area contributed by atoms with Gasteiger partial charge < -0.3 is 10.7 Å². The minimum absolute atomic E-state index is 0.536. The molecule has 0 bridgehead atoms. The fraction of sp³-hybridized carbons (Fsp3) is 0.333. The van der Waals surface area contributed by atoms with Crippen LogP contribution < -0.4 is 5.73 Å². The highest BCUT2D eigenvalue weighted by Crippen LogP contribution is 2.25. The Morgan fingerprint density at radius 3 is 2.46 bits per heavy atom. The summed E-state index contributed by atoms with van der Waals surface area (Å²) < 4.78 is 13.5. The van der Waals surface area contributed by atoms with Gasteiger partial charge in [0.2, 0.25) is 0 Å². The lowest BCUT2D eigenvalue weighted by Crippen LogP contribution is -2.22. The van der Waals surface area contributed by atoms with Crippen LogP contribution >= 0.6 is 0 Å². The van der Waals surface area contributed by atoms with Crippen LogP contribution in [0.4, 0.5) is 0 Å². The molecule has 6 nitrogen and oxygen atoms in total. The first kappa shape index (κ1) is 18.8. The Morgan fingerprint density at radius 2 is 1.82 bits per heavy atom. The lowest BCUT2D eigenvalue weighted by atomic mass is 9.97. The van der Waals surface area contributed by atoms with Gasteiger partial charge >= 0.3 is 0 Å². The zero-order valence-corrected chi connectivity index (χ0v) is 16.8. The van der Waals surface area contributed by atoms with E-state index in [0.29, 0.717) is 6.04 Å². The molecule has 0 aliphatic heterocycles. The van der Waals surface area contributed by atoms with E-state index in [0.717, 1.165) is 32.8 Å². The number of imidazole rings is 1. The minimum atomic E-state index is -0.966. The molecule has 1 aliphatic carbocycles. The number of aromatic nitrogens is 4. The molecule has 0 amide bonds. The number of fused-ring (bicyclic) bond motifs is 3. The van der Waals surface area contributed by atoms with E-state index in [2.05, 4.69) is 15.0 Å². The van der Waals surface area contributed by atoms with Crippen molar-refractivity contribution < 1.29 is 4.21 Å². The van der Waals surface area contributed by atoms with Gasteiger partial charge in [0.25, 0.3) is 0 Å². The van der Waals surface area contributed by atoms with Crippen molar-refractivity contribution in [2.75, 3.05) is 6.26 Å². The summed E-state index contributed by atoms with van der Waals surface area (Å²) >= 11 is 0. The summed E-state index contributed by atoms with van der Waals surface area (Å²) in [5.41, 5.74) is 10.3. The van der Waals surface area contributed by atoms with Crippen molar-refractivity contribution in [3.8, 4) is 11.3 Å². The third-order valence-corrected chi connectivity index (χ3v) is 6.13. The number of benzene rings is 1. The Kier molecular flexibility index (Phi) is 5.54. The van der Waals surface area contributed by atoms with E-state index >= 15 is 0 Å².